The van der Waals surface area contributed by atoms with Crippen LogP contribution in [0.25, 0.3) is 0 Å². The fraction of sp³-hybridized carbons (Fsp3) is 0.650. The largest absolute Gasteiger partial charge is 0.478 e. The number of furan rings is 1. The lowest BCUT2D eigenvalue weighted by atomic mass is 9.45. The summed E-state index contributed by atoms with van der Waals surface area (Å²) in [5, 5.41) is 9.77. The van der Waals surface area contributed by atoms with Crippen LogP contribution in [0.3, 0.4) is 0 Å². The molecule has 5 atom stereocenters. The van der Waals surface area contributed by atoms with Crippen molar-refractivity contribution in [3.63, 3.8) is 0 Å². The summed E-state index contributed by atoms with van der Waals surface area (Å²) in [6.45, 7) is 5.30. The van der Waals surface area contributed by atoms with Crippen LogP contribution in [-0.4, -0.2) is 23.8 Å². The van der Waals surface area contributed by atoms with Gasteiger partial charge in [0.25, 0.3) is 0 Å². The molecule has 5 unspecified atom stereocenters. The Morgan fingerprint density at radius 2 is 2.29 bits per heavy atom. The average molecular weight is 330 g/mol. The van der Waals surface area contributed by atoms with Gasteiger partial charge in [0, 0.05) is 11.0 Å². The summed E-state index contributed by atoms with van der Waals surface area (Å²) in [6.07, 6.45) is 10.4. The highest BCUT2D eigenvalue weighted by Crippen LogP contribution is 2.64. The van der Waals surface area contributed by atoms with Crippen LogP contribution in [0.1, 0.15) is 45.1 Å². The zero-order valence-electron chi connectivity index (χ0n) is 14.5. The van der Waals surface area contributed by atoms with Gasteiger partial charge >= 0.3 is 5.97 Å². The molecule has 0 aromatic carbocycles. The van der Waals surface area contributed by atoms with Gasteiger partial charge in [0.05, 0.1) is 25.2 Å². The Balaban J connectivity index is 1.67. The Kier molecular flexibility index (Phi) is 3.64. The SMILES string of the molecule is CC1CCC23COC(C=C2C(=O)O)CC3C1(C)CCc1ccoc1. The van der Waals surface area contributed by atoms with E-state index < -0.39 is 5.97 Å². The molecule has 1 aromatic heterocycles. The standard InChI is InChI=1S/C20H26O4/c1-13-3-7-20-12-24-15(9-16(20)18(21)22)10-17(20)19(13,2)6-4-14-5-8-23-11-14/h5,8-9,11,13,15,17H,3-4,6-7,10,12H2,1-2H3,(H,21,22). The predicted molar refractivity (Wildman–Crippen MR) is 89.5 cm³/mol. The quantitative estimate of drug-likeness (QED) is 0.904. The van der Waals surface area contributed by atoms with Crippen molar-refractivity contribution >= 4 is 5.97 Å². The Morgan fingerprint density at radius 1 is 1.46 bits per heavy atom. The molecule has 2 bridgehead atoms. The van der Waals surface area contributed by atoms with Gasteiger partial charge in [0.2, 0.25) is 0 Å². The van der Waals surface area contributed by atoms with E-state index in [1.54, 1.807) is 6.26 Å². The molecule has 2 aliphatic heterocycles. The van der Waals surface area contributed by atoms with Crippen molar-refractivity contribution in [2.24, 2.45) is 22.7 Å². The molecule has 0 amide bonds. The van der Waals surface area contributed by atoms with Gasteiger partial charge in [-0.1, -0.05) is 13.8 Å². The maximum absolute atomic E-state index is 11.9. The van der Waals surface area contributed by atoms with Gasteiger partial charge in [-0.25, -0.2) is 4.79 Å². The summed E-state index contributed by atoms with van der Waals surface area (Å²) in [4.78, 5) is 11.9. The summed E-state index contributed by atoms with van der Waals surface area (Å²) in [5.74, 6) is 0.227. The van der Waals surface area contributed by atoms with Gasteiger partial charge in [-0.15, -0.1) is 0 Å². The molecule has 1 saturated carbocycles. The lowest BCUT2D eigenvalue weighted by Crippen LogP contribution is -2.59. The molecule has 0 radical (unpaired) electrons. The van der Waals surface area contributed by atoms with Crippen LogP contribution >= 0.6 is 0 Å². The summed E-state index contributed by atoms with van der Waals surface area (Å²) in [7, 11) is 0. The first-order chi connectivity index (χ1) is 11.5. The highest BCUT2D eigenvalue weighted by Gasteiger charge is 2.61. The van der Waals surface area contributed by atoms with Crippen molar-refractivity contribution in [2.75, 3.05) is 6.61 Å². The molecule has 3 heterocycles. The van der Waals surface area contributed by atoms with Crippen LogP contribution < -0.4 is 0 Å². The third-order valence-electron chi connectivity index (χ3n) is 7.29. The molecule has 1 spiro atoms. The van der Waals surface area contributed by atoms with Crippen LogP contribution in [0, 0.1) is 22.7 Å². The number of fused-ring (bicyclic) bond motifs is 1. The van der Waals surface area contributed by atoms with Crippen molar-refractivity contribution in [1.82, 2.24) is 0 Å². The number of ether oxygens (including phenoxy) is 1. The molecule has 1 saturated heterocycles. The molecule has 2 aliphatic carbocycles. The van der Waals surface area contributed by atoms with Gasteiger partial charge in [-0.05, 0) is 67.1 Å². The van der Waals surface area contributed by atoms with Crippen molar-refractivity contribution in [3.05, 3.63) is 35.8 Å². The van der Waals surface area contributed by atoms with Crippen LogP contribution in [0.4, 0.5) is 0 Å². The van der Waals surface area contributed by atoms with E-state index in [9.17, 15) is 9.90 Å². The predicted octanol–water partition coefficient (Wildman–Crippen LogP) is 4.06. The van der Waals surface area contributed by atoms with E-state index in [1.165, 1.54) is 5.56 Å². The molecule has 1 N–H and O–H groups in total. The van der Waals surface area contributed by atoms with E-state index in [-0.39, 0.29) is 16.9 Å². The summed E-state index contributed by atoms with van der Waals surface area (Å²) < 4.78 is 11.2. The monoisotopic (exact) mass is 330 g/mol. The smallest absolute Gasteiger partial charge is 0.332 e. The van der Waals surface area contributed by atoms with E-state index in [0.717, 1.165) is 32.1 Å². The fourth-order valence-corrected chi connectivity index (χ4v) is 5.60. The summed E-state index contributed by atoms with van der Waals surface area (Å²) in [5.41, 5.74) is 1.69. The maximum Gasteiger partial charge on any atom is 0.332 e. The minimum absolute atomic E-state index is 0.0264. The second kappa shape index (κ2) is 5.48. The number of aliphatic carboxylic acids is 1. The van der Waals surface area contributed by atoms with E-state index in [1.807, 2.05) is 18.4 Å². The number of carboxylic acids is 1. The minimum atomic E-state index is -0.750. The van der Waals surface area contributed by atoms with Crippen molar-refractivity contribution in [1.29, 1.82) is 0 Å². The third kappa shape index (κ3) is 2.19. The highest BCUT2D eigenvalue weighted by atomic mass is 16.5. The Hall–Kier alpha value is -1.55. The lowest BCUT2D eigenvalue weighted by molar-refractivity contribution is -0.170. The minimum Gasteiger partial charge on any atom is -0.478 e. The molecule has 5 rings (SSSR count). The third-order valence-corrected chi connectivity index (χ3v) is 7.29. The fourth-order valence-electron chi connectivity index (χ4n) is 5.60. The topological polar surface area (TPSA) is 59.7 Å². The molecule has 4 aliphatic rings. The number of hydrogen-bond donors (Lipinski definition) is 1. The van der Waals surface area contributed by atoms with Gasteiger partial charge in [0.1, 0.15) is 0 Å². The number of carboxylic acid groups (broad SMARTS) is 1. The van der Waals surface area contributed by atoms with E-state index >= 15 is 0 Å². The van der Waals surface area contributed by atoms with Crippen molar-refractivity contribution < 1.29 is 19.1 Å². The van der Waals surface area contributed by atoms with Crippen LogP contribution in [-0.2, 0) is 16.0 Å². The van der Waals surface area contributed by atoms with Crippen molar-refractivity contribution in [3.8, 4) is 0 Å². The first kappa shape index (κ1) is 15.9. The molecular weight excluding hydrogens is 304 g/mol. The average Bonchev–Trinajstić information content (AvgIpc) is 3.10. The Bertz CT molecular complexity index is 661. The van der Waals surface area contributed by atoms with Crippen LogP contribution in [0.15, 0.2) is 34.7 Å². The Morgan fingerprint density at radius 3 is 3.00 bits per heavy atom. The highest BCUT2D eigenvalue weighted by molar-refractivity contribution is 5.89. The molecule has 130 valence electrons. The number of rotatable bonds is 4. The van der Waals surface area contributed by atoms with Gasteiger partial charge in [-0.2, -0.15) is 0 Å². The Labute approximate surface area is 142 Å². The lowest BCUT2D eigenvalue weighted by Gasteiger charge is -2.62. The first-order valence-corrected chi connectivity index (χ1v) is 9.04. The van der Waals surface area contributed by atoms with Gasteiger partial charge in [-0.3, -0.25) is 0 Å². The second-order valence-electron chi connectivity index (χ2n) is 8.26. The van der Waals surface area contributed by atoms with Crippen LogP contribution in [0.2, 0.25) is 0 Å². The summed E-state index contributed by atoms with van der Waals surface area (Å²) in [6, 6.07) is 2.03. The first-order valence-electron chi connectivity index (χ1n) is 9.04. The normalized spacial score (nSPS) is 40.9. The molecule has 1 aromatic rings. The molecule has 4 nitrogen and oxygen atoms in total. The zero-order valence-corrected chi connectivity index (χ0v) is 14.5. The number of carbonyl (C=O) groups is 1. The van der Waals surface area contributed by atoms with Crippen LogP contribution in [0.5, 0.6) is 0 Å². The molecular formula is C20H26O4. The second-order valence-corrected chi connectivity index (χ2v) is 8.26. The summed E-state index contributed by atoms with van der Waals surface area (Å²) >= 11 is 0. The zero-order chi connectivity index (χ0) is 16.9. The number of hydrogen-bond acceptors (Lipinski definition) is 3. The van der Waals surface area contributed by atoms with E-state index in [2.05, 4.69) is 13.8 Å². The van der Waals surface area contributed by atoms with E-state index in [0.29, 0.717) is 24.0 Å². The molecule has 2 fully saturated rings. The van der Waals surface area contributed by atoms with Crippen molar-refractivity contribution in [2.45, 2.75) is 52.1 Å². The maximum atomic E-state index is 11.9. The van der Waals surface area contributed by atoms with E-state index in [4.69, 9.17) is 9.15 Å². The number of aryl methyl sites for hydroxylation is 1. The molecule has 24 heavy (non-hydrogen) atoms. The molecule has 4 heteroatoms. The van der Waals surface area contributed by atoms with Gasteiger partial charge in [0.15, 0.2) is 0 Å². The van der Waals surface area contributed by atoms with Gasteiger partial charge < -0.3 is 14.3 Å².